The van der Waals surface area contributed by atoms with Crippen LogP contribution in [0.15, 0.2) is 0 Å². The molecule has 15 heavy (non-hydrogen) atoms. The second-order valence-corrected chi connectivity index (χ2v) is 5.22. The molecule has 0 amide bonds. The minimum atomic E-state index is 0.487. The first-order valence-electron chi connectivity index (χ1n) is 6.59. The van der Waals surface area contributed by atoms with Gasteiger partial charge in [0.05, 0.1) is 6.10 Å². The standard InChI is InChI=1S/C13H25NO/c1-3-14-11-10-12(15-2)13(11)8-6-4-5-7-9-13/h11-12,14H,3-10H2,1-2H3. The predicted octanol–water partition coefficient (Wildman–Crippen LogP) is 2.72. The number of ether oxygens (including phenoxy) is 1. The number of rotatable bonds is 3. The van der Waals surface area contributed by atoms with E-state index in [1.807, 2.05) is 7.11 Å². The van der Waals surface area contributed by atoms with Crippen LogP contribution in [-0.2, 0) is 4.74 Å². The van der Waals surface area contributed by atoms with Gasteiger partial charge in [0, 0.05) is 18.6 Å². The summed E-state index contributed by atoms with van der Waals surface area (Å²) in [6.07, 6.45) is 10.2. The number of methoxy groups -OCH3 is 1. The van der Waals surface area contributed by atoms with Gasteiger partial charge in [-0.05, 0) is 25.8 Å². The van der Waals surface area contributed by atoms with Gasteiger partial charge in [-0.25, -0.2) is 0 Å². The van der Waals surface area contributed by atoms with Crippen LogP contribution in [0.2, 0.25) is 0 Å². The summed E-state index contributed by atoms with van der Waals surface area (Å²) < 4.78 is 5.67. The van der Waals surface area contributed by atoms with Gasteiger partial charge >= 0.3 is 0 Å². The molecule has 88 valence electrons. The summed E-state index contributed by atoms with van der Waals surface area (Å²) in [5.74, 6) is 0. The summed E-state index contributed by atoms with van der Waals surface area (Å²) in [7, 11) is 1.89. The van der Waals surface area contributed by atoms with Crippen molar-refractivity contribution in [3.8, 4) is 0 Å². The van der Waals surface area contributed by atoms with Gasteiger partial charge in [-0.2, -0.15) is 0 Å². The smallest absolute Gasteiger partial charge is 0.0657 e. The molecular formula is C13H25NO. The molecular weight excluding hydrogens is 186 g/mol. The quantitative estimate of drug-likeness (QED) is 0.775. The molecule has 2 aliphatic carbocycles. The highest BCUT2D eigenvalue weighted by molar-refractivity contribution is 5.08. The second kappa shape index (κ2) is 4.84. The molecule has 0 aliphatic heterocycles. The van der Waals surface area contributed by atoms with Crippen LogP contribution in [0.5, 0.6) is 0 Å². The van der Waals surface area contributed by atoms with Crippen LogP contribution in [0.25, 0.3) is 0 Å². The Morgan fingerprint density at radius 3 is 2.40 bits per heavy atom. The highest BCUT2D eigenvalue weighted by Crippen LogP contribution is 2.52. The Labute approximate surface area is 93.8 Å². The highest BCUT2D eigenvalue weighted by atomic mass is 16.5. The van der Waals surface area contributed by atoms with Crippen molar-refractivity contribution in [2.24, 2.45) is 5.41 Å². The maximum absolute atomic E-state index is 5.67. The van der Waals surface area contributed by atoms with Gasteiger partial charge in [0.15, 0.2) is 0 Å². The Kier molecular flexibility index (Phi) is 3.68. The van der Waals surface area contributed by atoms with E-state index in [4.69, 9.17) is 4.74 Å². The molecule has 0 aromatic rings. The van der Waals surface area contributed by atoms with Gasteiger partial charge in [-0.3, -0.25) is 0 Å². The lowest BCUT2D eigenvalue weighted by Gasteiger charge is -2.55. The van der Waals surface area contributed by atoms with Gasteiger partial charge in [0.25, 0.3) is 0 Å². The van der Waals surface area contributed by atoms with Crippen LogP contribution >= 0.6 is 0 Å². The lowest BCUT2D eigenvalue weighted by molar-refractivity contribution is -0.126. The van der Waals surface area contributed by atoms with E-state index in [2.05, 4.69) is 12.2 Å². The van der Waals surface area contributed by atoms with Crippen LogP contribution in [0.3, 0.4) is 0 Å². The molecule has 0 aromatic heterocycles. The minimum absolute atomic E-state index is 0.487. The molecule has 1 spiro atoms. The number of nitrogens with one attached hydrogen (secondary N) is 1. The van der Waals surface area contributed by atoms with Crippen molar-refractivity contribution in [2.45, 2.75) is 64.0 Å². The summed E-state index contributed by atoms with van der Waals surface area (Å²) in [5, 5.41) is 3.65. The van der Waals surface area contributed by atoms with E-state index in [0.717, 1.165) is 12.6 Å². The Morgan fingerprint density at radius 1 is 1.20 bits per heavy atom. The van der Waals surface area contributed by atoms with Crippen molar-refractivity contribution in [3.63, 3.8) is 0 Å². The highest BCUT2D eigenvalue weighted by Gasteiger charge is 2.54. The average molecular weight is 211 g/mol. The molecule has 0 bridgehead atoms. The van der Waals surface area contributed by atoms with Crippen molar-refractivity contribution in [2.75, 3.05) is 13.7 Å². The third kappa shape index (κ3) is 1.94. The summed E-state index contributed by atoms with van der Waals surface area (Å²) in [6.45, 7) is 3.31. The molecule has 2 nitrogen and oxygen atoms in total. The molecule has 2 fully saturated rings. The molecule has 0 aromatic carbocycles. The summed E-state index contributed by atoms with van der Waals surface area (Å²) in [6, 6.07) is 0.727. The van der Waals surface area contributed by atoms with E-state index in [1.165, 1.54) is 44.9 Å². The second-order valence-electron chi connectivity index (χ2n) is 5.22. The first-order chi connectivity index (χ1) is 7.33. The first-order valence-corrected chi connectivity index (χ1v) is 6.59. The molecule has 2 saturated carbocycles. The Hall–Kier alpha value is -0.0800. The van der Waals surface area contributed by atoms with Crippen LogP contribution in [0.4, 0.5) is 0 Å². The van der Waals surface area contributed by atoms with Gasteiger partial charge in [-0.15, -0.1) is 0 Å². The maximum atomic E-state index is 5.67. The molecule has 2 rings (SSSR count). The topological polar surface area (TPSA) is 21.3 Å². The lowest BCUT2D eigenvalue weighted by Crippen LogP contribution is -2.63. The molecule has 0 saturated heterocycles. The van der Waals surface area contributed by atoms with Crippen molar-refractivity contribution in [1.29, 1.82) is 0 Å². The Balaban J connectivity index is 2.04. The first kappa shape index (κ1) is 11.4. The third-order valence-electron chi connectivity index (χ3n) is 4.55. The van der Waals surface area contributed by atoms with E-state index in [1.54, 1.807) is 0 Å². The van der Waals surface area contributed by atoms with Gasteiger partial charge < -0.3 is 10.1 Å². The van der Waals surface area contributed by atoms with E-state index >= 15 is 0 Å². The fraction of sp³-hybridized carbons (Fsp3) is 1.00. The van der Waals surface area contributed by atoms with E-state index in [9.17, 15) is 0 Å². The molecule has 0 radical (unpaired) electrons. The van der Waals surface area contributed by atoms with E-state index in [0.29, 0.717) is 11.5 Å². The molecule has 0 heterocycles. The molecule has 2 heteroatoms. The molecule has 2 aliphatic rings. The third-order valence-corrected chi connectivity index (χ3v) is 4.55. The summed E-state index contributed by atoms with van der Waals surface area (Å²) in [5.41, 5.74) is 0.487. The Morgan fingerprint density at radius 2 is 1.87 bits per heavy atom. The summed E-state index contributed by atoms with van der Waals surface area (Å²) >= 11 is 0. The Bertz CT molecular complexity index is 197. The van der Waals surface area contributed by atoms with Crippen LogP contribution < -0.4 is 5.32 Å². The van der Waals surface area contributed by atoms with Crippen LogP contribution in [0.1, 0.15) is 51.9 Å². The van der Waals surface area contributed by atoms with Crippen LogP contribution in [-0.4, -0.2) is 25.8 Å². The van der Waals surface area contributed by atoms with E-state index in [-0.39, 0.29) is 0 Å². The van der Waals surface area contributed by atoms with Crippen molar-refractivity contribution < 1.29 is 4.74 Å². The molecule has 2 unspecified atom stereocenters. The SMILES string of the molecule is CCNC1CC(OC)C12CCCCCC2. The van der Waals surface area contributed by atoms with Crippen molar-refractivity contribution in [1.82, 2.24) is 5.32 Å². The van der Waals surface area contributed by atoms with Gasteiger partial charge in [0.1, 0.15) is 0 Å². The van der Waals surface area contributed by atoms with Crippen molar-refractivity contribution in [3.05, 3.63) is 0 Å². The van der Waals surface area contributed by atoms with Gasteiger partial charge in [0.2, 0.25) is 0 Å². The average Bonchev–Trinajstić information content (AvgIpc) is 2.50. The van der Waals surface area contributed by atoms with Gasteiger partial charge in [-0.1, -0.05) is 32.6 Å². The van der Waals surface area contributed by atoms with Crippen molar-refractivity contribution >= 4 is 0 Å². The number of hydrogen-bond acceptors (Lipinski definition) is 2. The normalized spacial score (nSPS) is 34.8. The molecule has 1 N–H and O–H groups in total. The summed E-state index contributed by atoms with van der Waals surface area (Å²) in [4.78, 5) is 0. The lowest BCUT2D eigenvalue weighted by atomic mass is 9.58. The zero-order valence-corrected chi connectivity index (χ0v) is 10.2. The number of hydrogen-bond donors (Lipinski definition) is 1. The fourth-order valence-corrected chi connectivity index (χ4v) is 3.67. The molecule has 2 atom stereocenters. The maximum Gasteiger partial charge on any atom is 0.0657 e. The zero-order valence-electron chi connectivity index (χ0n) is 10.2. The largest absolute Gasteiger partial charge is 0.381 e. The van der Waals surface area contributed by atoms with E-state index < -0.39 is 0 Å². The fourth-order valence-electron chi connectivity index (χ4n) is 3.67. The minimum Gasteiger partial charge on any atom is -0.381 e. The monoisotopic (exact) mass is 211 g/mol. The van der Waals surface area contributed by atoms with Crippen LogP contribution in [0, 0.1) is 5.41 Å². The zero-order chi connectivity index (χ0) is 10.7. The predicted molar refractivity (Wildman–Crippen MR) is 63.0 cm³/mol.